The molecule has 91 valence electrons. The molecule has 2 aliphatic rings. The molecule has 1 radical (unpaired) electrons. The fraction of sp³-hybridized carbons (Fsp3) is 0.909. The molecule has 14 heavy (non-hydrogen) atoms. The van der Waals surface area contributed by atoms with Crippen LogP contribution in [0.15, 0.2) is 0 Å². The van der Waals surface area contributed by atoms with Gasteiger partial charge in [0, 0.05) is 12.6 Å². The molecule has 3 heteroatoms. The maximum atomic E-state index is 5.92. The van der Waals surface area contributed by atoms with Crippen molar-refractivity contribution in [3.05, 3.63) is 5.92 Å². The molecule has 0 aromatic rings. The molecule has 0 amide bonds. The Kier molecular flexibility index (Phi) is 2.81. The molecule has 1 aliphatic carbocycles. The maximum Gasteiger partial charge on any atom is 0.0774 e. The zero-order chi connectivity index (χ0) is 9.47. The van der Waals surface area contributed by atoms with Crippen molar-refractivity contribution in [1.29, 1.82) is 0 Å². The summed E-state index contributed by atoms with van der Waals surface area (Å²) in [6.45, 7) is 9.89. The molecule has 0 N–H and O–H groups in total. The smallest absolute Gasteiger partial charge is 0.0774 e. The fourth-order valence-electron chi connectivity index (χ4n) is 1.95. The van der Waals surface area contributed by atoms with Crippen LogP contribution in [0.1, 0.15) is 33.6 Å². The summed E-state index contributed by atoms with van der Waals surface area (Å²) in [5.41, 5.74) is 0.252. The van der Waals surface area contributed by atoms with E-state index in [-0.39, 0.29) is 5.60 Å². The molecule has 2 nitrogen and oxygen atoms in total. The van der Waals surface area contributed by atoms with Crippen LogP contribution in [0.5, 0.6) is 0 Å². The van der Waals surface area contributed by atoms with Gasteiger partial charge in [-0.3, -0.25) is 5.92 Å². The maximum absolute atomic E-state index is 5.92. The van der Waals surface area contributed by atoms with E-state index in [1.807, 2.05) is 0 Å². The monoisotopic (exact) mass is 444 g/mol. The molecule has 0 aromatic heterocycles. The Hall–Kier alpha value is -1.08. The molecule has 2 rings (SSSR count). The zero-order valence-corrected chi connectivity index (χ0v) is 11.4. The molecular formula is C11H20LrNO-. The predicted molar refractivity (Wildman–Crippen MR) is 53.5 cm³/mol. The van der Waals surface area contributed by atoms with Crippen molar-refractivity contribution in [2.45, 2.75) is 45.3 Å². The van der Waals surface area contributed by atoms with Gasteiger partial charge in [0.2, 0.25) is 0 Å². The second kappa shape index (κ2) is 3.58. The molecule has 1 spiro atoms. The first-order chi connectivity index (χ1) is 6.11. The van der Waals surface area contributed by atoms with Crippen LogP contribution < -0.4 is 0 Å². The second-order valence-electron chi connectivity index (χ2n) is 4.93. The summed E-state index contributed by atoms with van der Waals surface area (Å²) >= 11 is 0. The number of rotatable bonds is 1. The normalized spacial score (nSPS) is 27.4. The van der Waals surface area contributed by atoms with Crippen molar-refractivity contribution >= 4 is 0 Å². The molecule has 0 unspecified atom stereocenters. The molecule has 0 bridgehead atoms. The first-order valence-electron chi connectivity index (χ1n) is 5.31. The minimum absolute atomic E-state index is 0. The molecule has 0 aromatic carbocycles. The Morgan fingerprint density at radius 2 is 2.00 bits per heavy atom. The predicted octanol–water partition coefficient (Wildman–Crippen LogP) is 1.85. The molecule has 0 atom stereocenters. The van der Waals surface area contributed by atoms with Gasteiger partial charge in [0.05, 0.1) is 5.60 Å². The van der Waals surface area contributed by atoms with Crippen molar-refractivity contribution in [3.8, 4) is 0 Å². The van der Waals surface area contributed by atoms with Crippen molar-refractivity contribution < 1.29 is 4.74 Å². The van der Waals surface area contributed by atoms with Crippen LogP contribution in [-0.2, 0) is 4.74 Å². The van der Waals surface area contributed by atoms with Crippen molar-refractivity contribution in [1.82, 2.24) is 4.90 Å². The topological polar surface area (TPSA) is 12.5 Å². The Morgan fingerprint density at radius 3 is 2.50 bits per heavy atom. The number of hydrogen-bond donors (Lipinski definition) is 0. The Balaban J connectivity index is 0.000000980. The van der Waals surface area contributed by atoms with E-state index in [9.17, 15) is 0 Å². The van der Waals surface area contributed by atoms with Gasteiger partial charge in [0.25, 0.3) is 0 Å². The molecule has 1 saturated heterocycles. The van der Waals surface area contributed by atoms with E-state index >= 15 is 0 Å². The van der Waals surface area contributed by atoms with Crippen LogP contribution in [0, 0.1) is 5.92 Å². The summed E-state index contributed by atoms with van der Waals surface area (Å²) in [6.07, 6.45) is 2.53. The molecule has 2 fully saturated rings. The Morgan fingerprint density at radius 1 is 1.36 bits per heavy atom. The summed E-state index contributed by atoms with van der Waals surface area (Å²) in [6, 6.07) is 0.647. The SMILES string of the molecule is C[C-]1COC2(CC2)CN(C(C)C)C1.[Lr]. The molecule has 1 saturated carbocycles. The van der Waals surface area contributed by atoms with Gasteiger partial charge >= 0.3 is 0 Å². The average molecular weight is 444 g/mol. The number of hydrogen-bond acceptors (Lipinski definition) is 2. The number of ether oxygens (including phenoxy) is 1. The Bertz CT molecular complexity index is 192. The van der Waals surface area contributed by atoms with Crippen LogP contribution in [0.2, 0.25) is 0 Å². The van der Waals surface area contributed by atoms with E-state index < -0.39 is 0 Å². The second-order valence-corrected chi connectivity index (χ2v) is 4.93. The first-order valence-corrected chi connectivity index (χ1v) is 5.31. The van der Waals surface area contributed by atoms with Crippen LogP contribution in [-0.4, -0.2) is 36.2 Å². The third-order valence-corrected chi connectivity index (χ3v) is 3.13. The van der Waals surface area contributed by atoms with Gasteiger partial charge in [0.1, 0.15) is 0 Å². The first kappa shape index (κ1) is 11.0. The van der Waals surface area contributed by atoms with Gasteiger partial charge in [0.15, 0.2) is 0 Å². The van der Waals surface area contributed by atoms with E-state index in [0.29, 0.717) is 6.04 Å². The quantitative estimate of drug-likeness (QED) is 0.573. The Labute approximate surface area is 81.3 Å². The summed E-state index contributed by atoms with van der Waals surface area (Å²) < 4.78 is 5.92. The van der Waals surface area contributed by atoms with Gasteiger partial charge in [-0.2, -0.15) is 6.92 Å². The van der Waals surface area contributed by atoms with E-state index in [1.54, 1.807) is 0 Å². The molecular weight excluding hydrogens is 424 g/mol. The van der Waals surface area contributed by atoms with Crippen molar-refractivity contribution in [2.75, 3.05) is 19.7 Å². The van der Waals surface area contributed by atoms with Gasteiger partial charge in [-0.25, -0.2) is 0 Å². The minimum atomic E-state index is 0. The van der Waals surface area contributed by atoms with Gasteiger partial charge in [-0.1, -0.05) is 6.61 Å². The van der Waals surface area contributed by atoms with Gasteiger partial charge < -0.3 is 9.64 Å². The fourth-order valence-corrected chi connectivity index (χ4v) is 1.95. The van der Waals surface area contributed by atoms with E-state index in [4.69, 9.17) is 4.74 Å². The summed E-state index contributed by atoms with van der Waals surface area (Å²) in [5.74, 6) is 1.47. The summed E-state index contributed by atoms with van der Waals surface area (Å²) in [5, 5.41) is 0. The standard InChI is InChI=1S/C11H20NO.Lr/c1-9(2)12-6-10(3)7-13-11(8-12)4-5-11;/h9H,4-8H2,1-3H3;/q-1;. The minimum Gasteiger partial charge on any atom is -0.405 e. The van der Waals surface area contributed by atoms with E-state index in [1.165, 1.54) is 18.8 Å². The third kappa shape index (κ3) is 2.05. The van der Waals surface area contributed by atoms with Gasteiger partial charge in [-0.15, -0.1) is 6.54 Å². The van der Waals surface area contributed by atoms with Crippen molar-refractivity contribution in [2.24, 2.45) is 0 Å². The van der Waals surface area contributed by atoms with E-state index in [0.717, 1.165) is 19.7 Å². The van der Waals surface area contributed by atoms with Crippen LogP contribution in [0.3, 0.4) is 0 Å². The summed E-state index contributed by atoms with van der Waals surface area (Å²) in [4.78, 5) is 2.54. The van der Waals surface area contributed by atoms with Crippen LogP contribution in [0.4, 0.5) is 0 Å². The third-order valence-electron chi connectivity index (χ3n) is 3.13. The van der Waals surface area contributed by atoms with Crippen LogP contribution >= 0.6 is 0 Å². The molecule has 1 heterocycles. The zero-order valence-electron chi connectivity index (χ0n) is 9.23. The van der Waals surface area contributed by atoms with Gasteiger partial charge in [-0.05, 0) is 26.7 Å². The average Bonchev–Trinajstić information content (AvgIpc) is 2.82. The van der Waals surface area contributed by atoms with E-state index in [2.05, 4.69) is 25.7 Å². The van der Waals surface area contributed by atoms with Crippen LogP contribution in [0.25, 0.3) is 0 Å². The molecule has 1 aliphatic heterocycles. The number of nitrogens with zero attached hydrogens (tertiary/aromatic N) is 1. The largest absolute Gasteiger partial charge is 0.405 e. The summed E-state index contributed by atoms with van der Waals surface area (Å²) in [7, 11) is 0. The van der Waals surface area contributed by atoms with Crippen molar-refractivity contribution in [3.63, 3.8) is 0 Å².